The van der Waals surface area contributed by atoms with Crippen LogP contribution in [-0.4, -0.2) is 9.91 Å². The highest BCUT2D eigenvalue weighted by Crippen LogP contribution is 2.46. The highest BCUT2D eigenvalue weighted by Gasteiger charge is 2.43. The summed E-state index contributed by atoms with van der Waals surface area (Å²) in [5, 5.41) is 10.9. The zero-order chi connectivity index (χ0) is 16.8. The van der Waals surface area contributed by atoms with Crippen molar-refractivity contribution in [2.75, 3.05) is 0 Å². The SMILES string of the molecule is Cc1c(Br)cc(-c2[nH]c([N+](=O)[O-])c(Br)c2C(F)(F)F)cc1Br. The first-order valence-electron chi connectivity index (χ1n) is 5.63. The van der Waals surface area contributed by atoms with E-state index in [1.807, 2.05) is 0 Å². The maximum Gasteiger partial charge on any atom is 0.421 e. The van der Waals surface area contributed by atoms with Gasteiger partial charge in [0.1, 0.15) is 15.7 Å². The summed E-state index contributed by atoms with van der Waals surface area (Å²) in [5.41, 5.74) is -0.503. The van der Waals surface area contributed by atoms with Crippen LogP contribution >= 0.6 is 47.8 Å². The maximum atomic E-state index is 13.3. The molecule has 1 N–H and O–H groups in total. The first-order chi connectivity index (χ1) is 10.0. The van der Waals surface area contributed by atoms with E-state index in [0.717, 1.165) is 5.56 Å². The fraction of sp³-hybridized carbons (Fsp3) is 0.167. The van der Waals surface area contributed by atoms with Gasteiger partial charge in [-0.15, -0.1) is 0 Å². The normalized spacial score (nSPS) is 11.8. The summed E-state index contributed by atoms with van der Waals surface area (Å²) in [5.74, 6) is -0.741. The molecule has 0 radical (unpaired) electrons. The second-order valence-electron chi connectivity index (χ2n) is 4.36. The Morgan fingerprint density at radius 1 is 1.18 bits per heavy atom. The first kappa shape index (κ1) is 17.5. The number of aromatic amines is 1. The van der Waals surface area contributed by atoms with E-state index in [1.165, 1.54) is 12.1 Å². The molecule has 1 heterocycles. The molecule has 0 aliphatic heterocycles. The van der Waals surface area contributed by atoms with Crippen molar-refractivity contribution in [3.8, 4) is 11.3 Å². The number of rotatable bonds is 2. The van der Waals surface area contributed by atoms with Crippen LogP contribution in [-0.2, 0) is 6.18 Å². The summed E-state index contributed by atoms with van der Waals surface area (Å²) in [6.45, 7) is 1.77. The van der Waals surface area contributed by atoms with Gasteiger partial charge in [-0.2, -0.15) is 13.2 Å². The van der Waals surface area contributed by atoms with Gasteiger partial charge in [-0.05, 0) is 45.5 Å². The lowest BCUT2D eigenvalue weighted by Gasteiger charge is -2.09. The molecule has 0 unspecified atom stereocenters. The van der Waals surface area contributed by atoms with Gasteiger partial charge in [0.15, 0.2) is 0 Å². The number of benzene rings is 1. The average Bonchev–Trinajstić information content (AvgIpc) is 2.73. The Hall–Kier alpha value is -0.870. The molecule has 0 fully saturated rings. The second kappa shape index (κ2) is 5.97. The van der Waals surface area contributed by atoms with Gasteiger partial charge in [-0.3, -0.25) is 0 Å². The second-order valence-corrected chi connectivity index (χ2v) is 6.86. The topological polar surface area (TPSA) is 58.9 Å². The molecule has 1 aromatic heterocycles. The number of nitrogens with one attached hydrogen (secondary N) is 1. The Bertz CT molecular complexity index is 749. The molecule has 0 saturated carbocycles. The predicted octanol–water partition coefficient (Wildman–Crippen LogP) is 6.20. The Morgan fingerprint density at radius 2 is 1.68 bits per heavy atom. The minimum absolute atomic E-state index is 0.172. The molecule has 22 heavy (non-hydrogen) atoms. The molecular weight excluding hydrogens is 501 g/mol. The van der Waals surface area contributed by atoms with Gasteiger partial charge in [-0.25, -0.2) is 4.98 Å². The third-order valence-electron chi connectivity index (χ3n) is 2.96. The minimum atomic E-state index is -4.75. The van der Waals surface area contributed by atoms with E-state index in [9.17, 15) is 23.3 Å². The Balaban J connectivity index is 2.80. The van der Waals surface area contributed by atoms with Crippen molar-refractivity contribution in [1.82, 2.24) is 4.98 Å². The number of hydrogen-bond donors (Lipinski definition) is 1. The molecule has 1 aromatic carbocycles. The maximum absolute atomic E-state index is 13.3. The molecule has 0 spiro atoms. The highest BCUT2D eigenvalue weighted by molar-refractivity contribution is 9.11. The molecule has 4 nitrogen and oxygen atoms in total. The fourth-order valence-corrected chi connectivity index (χ4v) is 3.72. The molecule has 118 valence electrons. The van der Waals surface area contributed by atoms with Crippen molar-refractivity contribution >= 4 is 53.6 Å². The third-order valence-corrected chi connectivity index (χ3v) is 5.38. The van der Waals surface area contributed by atoms with Crippen LogP contribution in [0.2, 0.25) is 0 Å². The smallest absolute Gasteiger partial charge is 0.358 e. The summed E-state index contributed by atoms with van der Waals surface area (Å²) >= 11 is 9.18. The summed E-state index contributed by atoms with van der Waals surface area (Å²) in [6.07, 6.45) is -4.75. The molecule has 0 bridgehead atoms. The number of nitrogens with zero attached hydrogens (tertiary/aromatic N) is 1. The van der Waals surface area contributed by atoms with Crippen LogP contribution in [0.25, 0.3) is 11.3 Å². The van der Waals surface area contributed by atoms with Crippen molar-refractivity contribution in [3.63, 3.8) is 0 Å². The minimum Gasteiger partial charge on any atom is -0.358 e. The molecule has 0 atom stereocenters. The highest BCUT2D eigenvalue weighted by atomic mass is 79.9. The van der Waals surface area contributed by atoms with Crippen molar-refractivity contribution in [3.05, 3.63) is 46.8 Å². The van der Waals surface area contributed by atoms with E-state index in [2.05, 4.69) is 52.8 Å². The summed E-state index contributed by atoms with van der Waals surface area (Å²) in [4.78, 5) is 12.2. The average molecular weight is 507 g/mol. The largest absolute Gasteiger partial charge is 0.421 e. The van der Waals surface area contributed by atoms with Crippen molar-refractivity contribution in [2.45, 2.75) is 13.1 Å². The monoisotopic (exact) mass is 504 g/mol. The summed E-state index contributed by atoms with van der Waals surface area (Å²) < 4.78 is 40.3. The van der Waals surface area contributed by atoms with Crippen molar-refractivity contribution < 1.29 is 18.1 Å². The zero-order valence-electron chi connectivity index (χ0n) is 10.7. The molecule has 2 rings (SSSR count). The Kier molecular flexibility index (Phi) is 4.74. The number of hydrogen-bond acceptors (Lipinski definition) is 2. The lowest BCUT2D eigenvalue weighted by Crippen LogP contribution is -2.06. The lowest BCUT2D eigenvalue weighted by molar-refractivity contribution is -0.390. The molecular formula is C12H6Br3F3N2O2. The van der Waals surface area contributed by atoms with E-state index < -0.39 is 27.0 Å². The molecule has 0 saturated heterocycles. The van der Waals surface area contributed by atoms with E-state index in [4.69, 9.17) is 0 Å². The van der Waals surface area contributed by atoms with Gasteiger partial charge >= 0.3 is 12.0 Å². The standard InChI is InChI=1S/C12H6Br3F3N2O2/c1-4-6(13)2-5(3-7(4)14)10-8(12(16,17)18)9(15)11(19-10)20(21)22/h2-3,19H,1H3. The van der Waals surface area contributed by atoms with Gasteiger partial charge in [-0.1, -0.05) is 31.9 Å². The summed E-state index contributed by atoms with van der Waals surface area (Å²) in [6, 6.07) is 2.94. The van der Waals surface area contributed by atoms with Crippen LogP contribution in [0, 0.1) is 17.0 Å². The number of H-pyrrole nitrogens is 1. The Labute approximate surface area is 147 Å². The molecule has 0 aliphatic carbocycles. The van der Waals surface area contributed by atoms with E-state index in [-0.39, 0.29) is 11.3 Å². The van der Waals surface area contributed by atoms with Crippen LogP contribution in [0.1, 0.15) is 11.1 Å². The van der Waals surface area contributed by atoms with Crippen LogP contribution in [0.5, 0.6) is 0 Å². The predicted molar refractivity (Wildman–Crippen MR) is 85.7 cm³/mol. The fourth-order valence-electron chi connectivity index (χ4n) is 1.86. The van der Waals surface area contributed by atoms with Crippen molar-refractivity contribution in [1.29, 1.82) is 0 Å². The van der Waals surface area contributed by atoms with Crippen molar-refractivity contribution in [2.24, 2.45) is 0 Å². The van der Waals surface area contributed by atoms with Crippen LogP contribution in [0.3, 0.4) is 0 Å². The van der Waals surface area contributed by atoms with Crippen LogP contribution < -0.4 is 0 Å². The summed E-state index contributed by atoms with van der Waals surface area (Å²) in [7, 11) is 0. The molecule has 0 amide bonds. The third kappa shape index (κ3) is 3.09. The lowest BCUT2D eigenvalue weighted by atomic mass is 10.1. The number of aromatic nitrogens is 1. The number of halogens is 6. The van der Waals surface area contributed by atoms with Crippen LogP contribution in [0.4, 0.5) is 19.0 Å². The van der Waals surface area contributed by atoms with E-state index in [0.29, 0.717) is 8.95 Å². The van der Waals surface area contributed by atoms with Gasteiger partial charge < -0.3 is 10.1 Å². The quantitative estimate of drug-likeness (QED) is 0.389. The first-order valence-corrected chi connectivity index (χ1v) is 8.01. The van der Waals surface area contributed by atoms with E-state index >= 15 is 0 Å². The molecule has 10 heteroatoms. The van der Waals surface area contributed by atoms with Gasteiger partial charge in [0.25, 0.3) is 0 Å². The Morgan fingerprint density at radius 3 is 2.09 bits per heavy atom. The molecule has 2 aromatic rings. The van der Waals surface area contributed by atoms with E-state index in [1.54, 1.807) is 6.92 Å². The number of alkyl halides is 3. The zero-order valence-corrected chi connectivity index (χ0v) is 15.4. The number of nitro groups is 1. The van der Waals surface area contributed by atoms with Crippen LogP contribution in [0.15, 0.2) is 25.6 Å². The van der Waals surface area contributed by atoms with Gasteiger partial charge in [0.2, 0.25) is 0 Å². The van der Waals surface area contributed by atoms with Gasteiger partial charge in [0, 0.05) is 14.5 Å². The molecule has 0 aliphatic rings. The van der Waals surface area contributed by atoms with Gasteiger partial charge in [0.05, 0.1) is 0 Å².